The van der Waals surface area contributed by atoms with Gasteiger partial charge in [-0.15, -0.1) is 0 Å². The molecule has 9 heteroatoms. The number of anilines is 1. The second kappa shape index (κ2) is 7.66. The van der Waals surface area contributed by atoms with Crippen molar-refractivity contribution < 1.29 is 9.18 Å². The second-order valence-electron chi connectivity index (χ2n) is 6.02. The highest BCUT2D eigenvalue weighted by molar-refractivity contribution is 8.00. The number of fused-ring (bicyclic) bond motifs is 1. The number of halogens is 2. The third-order valence-electron chi connectivity index (χ3n) is 3.83. The first-order valence-electron chi connectivity index (χ1n) is 8.05. The van der Waals surface area contributed by atoms with Crippen molar-refractivity contribution in [3.05, 3.63) is 56.7 Å². The Labute approximate surface area is 163 Å². The fraction of sp³-hybridized carbons (Fsp3) is 0.222. The molecule has 0 radical (unpaired) electrons. The van der Waals surface area contributed by atoms with Gasteiger partial charge in [0.05, 0.1) is 16.3 Å². The summed E-state index contributed by atoms with van der Waals surface area (Å²) in [4.78, 5) is 36.0. The van der Waals surface area contributed by atoms with Gasteiger partial charge in [-0.25, -0.2) is 14.4 Å². The molecule has 1 amide bonds. The van der Waals surface area contributed by atoms with Crippen LogP contribution in [-0.2, 0) is 4.79 Å². The van der Waals surface area contributed by atoms with Gasteiger partial charge >= 0.3 is 0 Å². The van der Waals surface area contributed by atoms with Crippen molar-refractivity contribution in [3.63, 3.8) is 0 Å². The monoisotopic (exact) mass is 406 g/mol. The first-order valence-corrected chi connectivity index (χ1v) is 9.31. The number of thioether (sulfide) groups is 1. The predicted molar refractivity (Wildman–Crippen MR) is 105 cm³/mol. The van der Waals surface area contributed by atoms with Gasteiger partial charge in [0.15, 0.2) is 10.8 Å². The standard InChI is InChI=1S/C18H16ClFN4O2S/c1-8-6-9(2)21-15-14(8)17(26)24-18(23-15)27-10(3)16(25)22-13-5-4-11(19)7-12(13)20/h4-7,10H,1-3H3,(H,22,25)(H,21,23,24,26). The summed E-state index contributed by atoms with van der Waals surface area (Å²) in [5.74, 6) is -1.06. The maximum atomic E-state index is 13.8. The van der Waals surface area contributed by atoms with Crippen LogP contribution < -0.4 is 10.9 Å². The zero-order valence-electron chi connectivity index (χ0n) is 14.8. The SMILES string of the molecule is Cc1cc(C)c2c(=O)[nH]c(SC(C)C(=O)Nc3ccc(Cl)cc3F)nc2n1. The highest BCUT2D eigenvalue weighted by atomic mass is 35.5. The van der Waals surface area contributed by atoms with Gasteiger partial charge in [0.25, 0.3) is 5.56 Å². The van der Waals surface area contributed by atoms with Crippen LogP contribution in [0.15, 0.2) is 34.2 Å². The first-order chi connectivity index (χ1) is 12.7. The summed E-state index contributed by atoms with van der Waals surface area (Å²) in [6, 6.07) is 5.80. The van der Waals surface area contributed by atoms with Crippen LogP contribution in [0.2, 0.25) is 5.02 Å². The van der Waals surface area contributed by atoms with E-state index in [0.717, 1.165) is 29.1 Å². The highest BCUT2D eigenvalue weighted by Gasteiger charge is 2.19. The van der Waals surface area contributed by atoms with Gasteiger partial charge in [0.1, 0.15) is 5.82 Å². The van der Waals surface area contributed by atoms with Crippen molar-refractivity contribution in [2.75, 3.05) is 5.32 Å². The number of amides is 1. The van der Waals surface area contributed by atoms with E-state index in [4.69, 9.17) is 11.6 Å². The van der Waals surface area contributed by atoms with Crippen LogP contribution in [0, 0.1) is 19.7 Å². The third-order valence-corrected chi connectivity index (χ3v) is 5.05. The Morgan fingerprint density at radius 2 is 2.04 bits per heavy atom. The van der Waals surface area contributed by atoms with Crippen LogP contribution in [0.1, 0.15) is 18.2 Å². The van der Waals surface area contributed by atoms with E-state index in [-0.39, 0.29) is 21.4 Å². The zero-order valence-corrected chi connectivity index (χ0v) is 16.3. The van der Waals surface area contributed by atoms with Crippen LogP contribution in [0.5, 0.6) is 0 Å². The van der Waals surface area contributed by atoms with E-state index >= 15 is 0 Å². The maximum Gasteiger partial charge on any atom is 0.261 e. The Kier molecular flexibility index (Phi) is 5.48. The van der Waals surface area contributed by atoms with Crippen molar-refractivity contribution in [3.8, 4) is 0 Å². The molecule has 27 heavy (non-hydrogen) atoms. The lowest BCUT2D eigenvalue weighted by Gasteiger charge is -2.12. The van der Waals surface area contributed by atoms with Crippen LogP contribution >= 0.6 is 23.4 Å². The number of hydrogen-bond acceptors (Lipinski definition) is 5. The number of aromatic nitrogens is 3. The van der Waals surface area contributed by atoms with Crippen LogP contribution in [0.3, 0.4) is 0 Å². The molecule has 6 nitrogen and oxygen atoms in total. The van der Waals surface area contributed by atoms with Crippen LogP contribution in [-0.4, -0.2) is 26.1 Å². The molecule has 2 heterocycles. The lowest BCUT2D eigenvalue weighted by molar-refractivity contribution is -0.115. The summed E-state index contributed by atoms with van der Waals surface area (Å²) >= 11 is 6.76. The van der Waals surface area contributed by atoms with E-state index in [1.54, 1.807) is 6.92 Å². The molecule has 0 aliphatic heterocycles. The molecule has 2 aromatic heterocycles. The van der Waals surface area contributed by atoms with Crippen molar-refractivity contribution in [1.82, 2.24) is 15.0 Å². The molecule has 3 aromatic rings. The fourth-order valence-corrected chi connectivity index (χ4v) is 3.51. The summed E-state index contributed by atoms with van der Waals surface area (Å²) in [7, 11) is 0. The Hall–Kier alpha value is -2.45. The number of benzene rings is 1. The van der Waals surface area contributed by atoms with Crippen molar-refractivity contribution in [1.29, 1.82) is 0 Å². The van der Waals surface area contributed by atoms with Crippen molar-refractivity contribution in [2.24, 2.45) is 0 Å². The normalized spacial score (nSPS) is 12.2. The predicted octanol–water partition coefficient (Wildman–Crippen LogP) is 3.85. The number of carbonyl (C=O) groups excluding carboxylic acids is 1. The molecule has 0 spiro atoms. The van der Waals surface area contributed by atoms with E-state index in [2.05, 4.69) is 20.3 Å². The first kappa shape index (κ1) is 19.3. The van der Waals surface area contributed by atoms with E-state index in [0.29, 0.717) is 11.0 Å². The van der Waals surface area contributed by atoms with Gasteiger partial charge in [-0.3, -0.25) is 9.59 Å². The summed E-state index contributed by atoms with van der Waals surface area (Å²) < 4.78 is 13.8. The number of nitrogens with one attached hydrogen (secondary N) is 2. The minimum absolute atomic E-state index is 0.0322. The molecule has 0 fully saturated rings. The van der Waals surface area contributed by atoms with E-state index in [9.17, 15) is 14.0 Å². The van der Waals surface area contributed by atoms with Gasteiger partial charge < -0.3 is 10.3 Å². The number of pyridine rings is 1. The molecular weight excluding hydrogens is 391 g/mol. The lowest BCUT2D eigenvalue weighted by Crippen LogP contribution is -2.24. The van der Waals surface area contributed by atoms with Crippen molar-refractivity contribution in [2.45, 2.75) is 31.2 Å². The molecule has 0 saturated heterocycles. The Bertz CT molecular complexity index is 1100. The second-order valence-corrected chi connectivity index (χ2v) is 7.79. The number of rotatable bonds is 4. The fourth-order valence-electron chi connectivity index (χ4n) is 2.56. The van der Waals surface area contributed by atoms with Gasteiger partial charge in [-0.05, 0) is 50.6 Å². The summed E-state index contributed by atoms with van der Waals surface area (Å²) in [6.07, 6.45) is 0. The molecule has 0 saturated carbocycles. The van der Waals surface area contributed by atoms with E-state index in [1.165, 1.54) is 12.1 Å². The van der Waals surface area contributed by atoms with Crippen molar-refractivity contribution >= 4 is 46.0 Å². The smallest absolute Gasteiger partial charge is 0.261 e. The highest BCUT2D eigenvalue weighted by Crippen LogP contribution is 2.24. The molecule has 1 aromatic carbocycles. The average molecular weight is 407 g/mol. The number of H-pyrrole nitrogens is 1. The molecule has 0 bridgehead atoms. The largest absolute Gasteiger partial charge is 0.323 e. The third kappa shape index (κ3) is 4.28. The molecule has 0 aliphatic rings. The topological polar surface area (TPSA) is 87.7 Å². The molecule has 1 atom stereocenters. The molecule has 3 rings (SSSR count). The van der Waals surface area contributed by atoms with E-state index < -0.39 is 17.0 Å². The number of aromatic amines is 1. The Balaban J connectivity index is 1.82. The van der Waals surface area contributed by atoms with Gasteiger partial charge in [-0.1, -0.05) is 23.4 Å². The molecule has 1 unspecified atom stereocenters. The van der Waals surface area contributed by atoms with Gasteiger partial charge in [0.2, 0.25) is 5.91 Å². The lowest BCUT2D eigenvalue weighted by atomic mass is 10.2. The van der Waals surface area contributed by atoms with Crippen LogP contribution in [0.25, 0.3) is 11.0 Å². The molecule has 0 aliphatic carbocycles. The number of hydrogen-bond donors (Lipinski definition) is 2. The minimum atomic E-state index is -0.633. The quantitative estimate of drug-likeness (QED) is 0.507. The molecule has 2 N–H and O–H groups in total. The number of aryl methyl sites for hydroxylation is 2. The minimum Gasteiger partial charge on any atom is -0.323 e. The Morgan fingerprint density at radius 3 is 2.74 bits per heavy atom. The molecular formula is C18H16ClFN4O2S. The van der Waals surface area contributed by atoms with E-state index in [1.807, 2.05) is 19.9 Å². The van der Waals surface area contributed by atoms with Gasteiger partial charge in [0, 0.05) is 10.7 Å². The average Bonchev–Trinajstić information content (AvgIpc) is 2.56. The number of nitrogens with zero attached hydrogens (tertiary/aromatic N) is 2. The summed E-state index contributed by atoms with van der Waals surface area (Å²) in [6.45, 7) is 5.27. The molecule has 140 valence electrons. The zero-order chi connectivity index (χ0) is 19.7. The Morgan fingerprint density at radius 1 is 1.30 bits per heavy atom. The maximum absolute atomic E-state index is 13.8. The van der Waals surface area contributed by atoms with Gasteiger partial charge in [-0.2, -0.15) is 0 Å². The summed E-state index contributed by atoms with van der Waals surface area (Å²) in [5.41, 5.74) is 1.58. The number of carbonyl (C=O) groups is 1. The van der Waals surface area contributed by atoms with Crippen LogP contribution in [0.4, 0.5) is 10.1 Å². The summed E-state index contributed by atoms with van der Waals surface area (Å²) in [5, 5.41) is 2.79.